The molecule has 5 nitrogen and oxygen atoms in total. The number of methoxy groups -OCH3 is 1. The van der Waals surface area contributed by atoms with Crippen LogP contribution in [-0.2, 0) is 9.59 Å². The first-order chi connectivity index (χ1) is 9.40. The second-order valence-corrected chi connectivity index (χ2v) is 4.98. The summed E-state index contributed by atoms with van der Waals surface area (Å²) in [7, 11) is 1.37. The summed E-state index contributed by atoms with van der Waals surface area (Å²) >= 11 is 0. The van der Waals surface area contributed by atoms with E-state index in [0.717, 1.165) is 0 Å². The minimum atomic E-state index is -1.29. The Morgan fingerprint density at radius 3 is 2.55 bits per heavy atom. The lowest BCUT2D eigenvalue weighted by molar-refractivity contribution is -0.149. The molecule has 1 aromatic carbocycles. The highest BCUT2D eigenvalue weighted by Crippen LogP contribution is 2.46. The van der Waals surface area contributed by atoms with Crippen molar-refractivity contribution in [1.29, 1.82) is 0 Å². The maximum Gasteiger partial charge on any atom is 0.319 e. The molecule has 0 radical (unpaired) electrons. The van der Waals surface area contributed by atoms with E-state index in [1.54, 1.807) is 13.0 Å². The number of hydrogen-bond acceptors (Lipinski definition) is 3. The molecule has 0 bridgehead atoms. The lowest BCUT2D eigenvalue weighted by Gasteiger charge is -2.18. The first kappa shape index (κ1) is 14.3. The number of benzene rings is 1. The van der Waals surface area contributed by atoms with Gasteiger partial charge in [-0.15, -0.1) is 0 Å². The highest BCUT2D eigenvalue weighted by atomic mass is 19.1. The lowest BCUT2D eigenvalue weighted by atomic mass is 10.0. The number of halogens is 1. The molecule has 0 spiro atoms. The molecule has 1 aliphatic rings. The van der Waals surface area contributed by atoms with Crippen molar-refractivity contribution in [1.82, 2.24) is 5.32 Å². The zero-order chi connectivity index (χ0) is 14.9. The van der Waals surface area contributed by atoms with E-state index in [1.807, 2.05) is 0 Å². The Kier molecular flexibility index (Phi) is 3.65. The normalized spacial score (nSPS) is 17.1. The van der Waals surface area contributed by atoms with Crippen LogP contribution in [0.2, 0.25) is 0 Å². The third-order valence-corrected chi connectivity index (χ3v) is 3.62. The fraction of sp³-hybridized carbons (Fsp3) is 0.429. The van der Waals surface area contributed by atoms with Crippen LogP contribution in [0.15, 0.2) is 18.2 Å². The van der Waals surface area contributed by atoms with Crippen molar-refractivity contribution in [2.45, 2.75) is 25.8 Å². The second kappa shape index (κ2) is 5.11. The smallest absolute Gasteiger partial charge is 0.319 e. The Bertz CT molecular complexity index is 554. The maximum absolute atomic E-state index is 13.6. The summed E-state index contributed by atoms with van der Waals surface area (Å²) in [5.74, 6) is -2.03. The molecule has 0 heterocycles. The molecule has 108 valence electrons. The van der Waals surface area contributed by atoms with Gasteiger partial charge < -0.3 is 15.2 Å². The molecule has 2 rings (SSSR count). The standard InChI is InChI=1S/C14H16FNO4/c1-8(9-3-4-11(20-2)10(15)7-9)16-12(17)14(5-6-14)13(18)19/h3-4,7-8H,5-6H2,1-2H3,(H,16,17)(H,18,19)/t8-/m0/s1. The quantitative estimate of drug-likeness (QED) is 0.808. The molecule has 1 saturated carbocycles. The molecule has 6 heteroatoms. The van der Waals surface area contributed by atoms with Crippen molar-refractivity contribution < 1.29 is 23.8 Å². The molecule has 1 amide bonds. The summed E-state index contributed by atoms with van der Waals surface area (Å²) in [4.78, 5) is 23.0. The van der Waals surface area contributed by atoms with Crippen LogP contribution < -0.4 is 10.1 Å². The summed E-state index contributed by atoms with van der Waals surface area (Å²) in [5.41, 5.74) is -0.739. The number of aliphatic carboxylic acids is 1. The summed E-state index contributed by atoms with van der Waals surface area (Å²) in [6.45, 7) is 1.68. The van der Waals surface area contributed by atoms with E-state index in [-0.39, 0.29) is 5.75 Å². The number of carbonyl (C=O) groups excluding carboxylic acids is 1. The molecule has 0 aromatic heterocycles. The van der Waals surface area contributed by atoms with Crippen LogP contribution in [0.25, 0.3) is 0 Å². The maximum atomic E-state index is 13.6. The minimum absolute atomic E-state index is 0.122. The first-order valence-corrected chi connectivity index (χ1v) is 6.28. The van der Waals surface area contributed by atoms with Crippen LogP contribution in [-0.4, -0.2) is 24.1 Å². The summed E-state index contributed by atoms with van der Waals surface area (Å²) in [6, 6.07) is 3.90. The van der Waals surface area contributed by atoms with Gasteiger partial charge in [0.15, 0.2) is 11.6 Å². The Morgan fingerprint density at radius 2 is 2.10 bits per heavy atom. The Hall–Kier alpha value is -2.11. The van der Waals surface area contributed by atoms with Crippen molar-refractivity contribution in [2.75, 3.05) is 7.11 Å². The van der Waals surface area contributed by atoms with Crippen LogP contribution in [0.1, 0.15) is 31.4 Å². The van der Waals surface area contributed by atoms with Gasteiger partial charge >= 0.3 is 5.97 Å². The number of amides is 1. The first-order valence-electron chi connectivity index (χ1n) is 6.28. The van der Waals surface area contributed by atoms with Crippen molar-refractivity contribution in [2.24, 2.45) is 5.41 Å². The number of carbonyl (C=O) groups is 2. The Labute approximate surface area is 115 Å². The van der Waals surface area contributed by atoms with Gasteiger partial charge in [-0.2, -0.15) is 0 Å². The molecule has 1 fully saturated rings. The number of rotatable bonds is 5. The third-order valence-electron chi connectivity index (χ3n) is 3.62. The summed E-state index contributed by atoms with van der Waals surface area (Å²) in [6.07, 6.45) is 0.690. The van der Waals surface area contributed by atoms with E-state index < -0.39 is 29.2 Å². The number of ether oxygens (including phenoxy) is 1. The predicted octanol–water partition coefficient (Wildman–Crippen LogP) is 1.88. The molecule has 0 unspecified atom stereocenters. The molecular weight excluding hydrogens is 265 g/mol. The fourth-order valence-corrected chi connectivity index (χ4v) is 2.03. The van der Waals surface area contributed by atoms with Gasteiger partial charge in [-0.25, -0.2) is 4.39 Å². The topological polar surface area (TPSA) is 75.6 Å². The van der Waals surface area contributed by atoms with E-state index in [0.29, 0.717) is 18.4 Å². The van der Waals surface area contributed by atoms with Gasteiger partial charge in [0.2, 0.25) is 5.91 Å². The van der Waals surface area contributed by atoms with Gasteiger partial charge in [0.1, 0.15) is 5.41 Å². The van der Waals surface area contributed by atoms with E-state index in [4.69, 9.17) is 9.84 Å². The molecule has 2 N–H and O–H groups in total. The SMILES string of the molecule is COc1ccc([C@H](C)NC(=O)C2(C(=O)O)CC2)cc1F. The monoisotopic (exact) mass is 281 g/mol. The van der Waals surface area contributed by atoms with Crippen molar-refractivity contribution >= 4 is 11.9 Å². The fourth-order valence-electron chi connectivity index (χ4n) is 2.03. The zero-order valence-electron chi connectivity index (χ0n) is 11.3. The minimum Gasteiger partial charge on any atom is -0.494 e. The molecule has 1 aliphatic carbocycles. The van der Waals surface area contributed by atoms with Gasteiger partial charge in [0.25, 0.3) is 0 Å². The van der Waals surface area contributed by atoms with Gasteiger partial charge in [-0.1, -0.05) is 6.07 Å². The molecular formula is C14H16FNO4. The van der Waals surface area contributed by atoms with Crippen LogP contribution in [0, 0.1) is 11.2 Å². The predicted molar refractivity (Wildman–Crippen MR) is 68.8 cm³/mol. The number of hydrogen-bond donors (Lipinski definition) is 2. The van der Waals surface area contributed by atoms with Crippen LogP contribution >= 0.6 is 0 Å². The summed E-state index contributed by atoms with van der Waals surface area (Å²) < 4.78 is 18.4. The second-order valence-electron chi connectivity index (χ2n) is 4.98. The van der Waals surface area contributed by atoms with E-state index in [1.165, 1.54) is 19.2 Å². The average molecular weight is 281 g/mol. The van der Waals surface area contributed by atoms with Gasteiger partial charge in [0.05, 0.1) is 13.2 Å². The van der Waals surface area contributed by atoms with Crippen molar-refractivity contribution in [3.05, 3.63) is 29.6 Å². The van der Waals surface area contributed by atoms with Crippen LogP contribution in [0.3, 0.4) is 0 Å². The van der Waals surface area contributed by atoms with Crippen molar-refractivity contribution in [3.63, 3.8) is 0 Å². The molecule has 1 aromatic rings. The molecule has 20 heavy (non-hydrogen) atoms. The van der Waals surface area contributed by atoms with Crippen LogP contribution in [0.4, 0.5) is 4.39 Å². The third kappa shape index (κ3) is 2.45. The Balaban J connectivity index is 2.09. The zero-order valence-corrected chi connectivity index (χ0v) is 11.3. The van der Waals surface area contributed by atoms with E-state index >= 15 is 0 Å². The summed E-state index contributed by atoms with van der Waals surface area (Å²) in [5, 5.41) is 11.7. The van der Waals surface area contributed by atoms with Gasteiger partial charge in [-0.3, -0.25) is 9.59 Å². The largest absolute Gasteiger partial charge is 0.494 e. The molecule has 0 aliphatic heterocycles. The average Bonchev–Trinajstić information content (AvgIpc) is 3.19. The number of nitrogens with one attached hydrogen (secondary N) is 1. The highest BCUT2D eigenvalue weighted by Gasteiger charge is 2.57. The number of carboxylic acid groups (broad SMARTS) is 1. The van der Waals surface area contributed by atoms with E-state index in [9.17, 15) is 14.0 Å². The van der Waals surface area contributed by atoms with Gasteiger partial charge in [-0.05, 0) is 37.5 Å². The van der Waals surface area contributed by atoms with Crippen molar-refractivity contribution in [3.8, 4) is 5.75 Å². The van der Waals surface area contributed by atoms with E-state index in [2.05, 4.69) is 5.32 Å². The number of carboxylic acids is 1. The lowest BCUT2D eigenvalue weighted by Crippen LogP contribution is -2.38. The molecule has 1 atom stereocenters. The Morgan fingerprint density at radius 1 is 1.45 bits per heavy atom. The van der Waals surface area contributed by atoms with Gasteiger partial charge in [0, 0.05) is 0 Å². The van der Waals surface area contributed by atoms with Crippen LogP contribution in [0.5, 0.6) is 5.75 Å². The highest BCUT2D eigenvalue weighted by molar-refractivity contribution is 6.04. The molecule has 0 saturated heterocycles.